The highest BCUT2D eigenvalue weighted by molar-refractivity contribution is 5.48. The van der Waals surface area contributed by atoms with Crippen LogP contribution in [0.2, 0.25) is 0 Å². The maximum atomic E-state index is 5.97. The van der Waals surface area contributed by atoms with E-state index >= 15 is 0 Å². The van der Waals surface area contributed by atoms with Crippen LogP contribution in [0.1, 0.15) is 56.9 Å². The van der Waals surface area contributed by atoms with E-state index in [1.54, 1.807) is 0 Å². The first kappa shape index (κ1) is 15.1. The maximum absolute atomic E-state index is 5.97. The van der Waals surface area contributed by atoms with Gasteiger partial charge in [-0.2, -0.15) is 0 Å². The minimum Gasteiger partial charge on any atom is -0.465 e. The summed E-state index contributed by atoms with van der Waals surface area (Å²) in [5.74, 6) is 0.885. The van der Waals surface area contributed by atoms with Crippen molar-refractivity contribution >= 4 is 6.08 Å². The maximum Gasteiger partial charge on any atom is 0.199 e. The molecule has 0 radical (unpaired) electrons. The molecule has 1 aromatic carbocycles. The predicted molar refractivity (Wildman–Crippen MR) is 83.8 cm³/mol. The molecule has 0 bridgehead atoms. The molecule has 0 spiro atoms. The van der Waals surface area contributed by atoms with E-state index in [2.05, 4.69) is 6.58 Å². The molecule has 0 amide bonds. The van der Waals surface area contributed by atoms with Gasteiger partial charge in [-0.15, -0.1) is 0 Å². The van der Waals surface area contributed by atoms with E-state index in [0.29, 0.717) is 0 Å². The van der Waals surface area contributed by atoms with Gasteiger partial charge in [-0.3, -0.25) is 0 Å². The lowest BCUT2D eigenvalue weighted by molar-refractivity contribution is -0.0861. The van der Waals surface area contributed by atoms with Crippen LogP contribution < -0.4 is 4.74 Å². The van der Waals surface area contributed by atoms with Gasteiger partial charge in [0.05, 0.1) is 6.61 Å². The van der Waals surface area contributed by atoms with Gasteiger partial charge in [0.1, 0.15) is 5.75 Å². The summed E-state index contributed by atoms with van der Waals surface area (Å²) < 4.78 is 11.9. The van der Waals surface area contributed by atoms with Crippen molar-refractivity contribution < 1.29 is 9.47 Å². The lowest BCUT2D eigenvalue weighted by Crippen LogP contribution is -2.21. The highest BCUT2D eigenvalue weighted by Crippen LogP contribution is 2.19. The van der Waals surface area contributed by atoms with Crippen LogP contribution in [0.3, 0.4) is 0 Å². The fraction of sp³-hybridized carbons (Fsp3) is 0.556. The third kappa shape index (κ3) is 5.38. The fourth-order valence-corrected chi connectivity index (χ4v) is 2.52. The minimum atomic E-state index is -0.0947. The number of benzene rings is 1. The smallest absolute Gasteiger partial charge is 0.199 e. The van der Waals surface area contributed by atoms with Crippen molar-refractivity contribution in [2.24, 2.45) is 0 Å². The quantitative estimate of drug-likeness (QED) is 0.755. The Morgan fingerprint density at radius 3 is 2.30 bits per heavy atom. The zero-order valence-electron chi connectivity index (χ0n) is 12.4. The standard InChI is InChI=1S/C18H26O2/c1-2-16-11-13-17(14-12-16)20-18-10-8-6-4-3-5-7-9-15-19-18/h2,11-14,18H,1,3-10,15H2. The number of ether oxygens (including phenoxy) is 2. The molecule has 2 nitrogen and oxygen atoms in total. The first-order valence-corrected chi connectivity index (χ1v) is 7.89. The van der Waals surface area contributed by atoms with Gasteiger partial charge in [-0.05, 0) is 30.5 Å². The van der Waals surface area contributed by atoms with Crippen LogP contribution in [0.25, 0.3) is 6.08 Å². The number of hydrogen-bond donors (Lipinski definition) is 0. The van der Waals surface area contributed by atoms with Crippen molar-refractivity contribution in [2.45, 2.75) is 57.7 Å². The van der Waals surface area contributed by atoms with Gasteiger partial charge in [0.25, 0.3) is 0 Å². The van der Waals surface area contributed by atoms with Crippen LogP contribution in [0.5, 0.6) is 5.75 Å². The first-order valence-electron chi connectivity index (χ1n) is 7.89. The Bertz CT molecular complexity index is 371. The molecule has 2 heteroatoms. The Balaban J connectivity index is 1.87. The van der Waals surface area contributed by atoms with E-state index in [-0.39, 0.29) is 6.29 Å². The van der Waals surface area contributed by atoms with Gasteiger partial charge in [0, 0.05) is 6.42 Å². The molecule has 110 valence electrons. The third-order valence-corrected chi connectivity index (χ3v) is 3.77. The molecule has 1 saturated heterocycles. The van der Waals surface area contributed by atoms with Crippen LogP contribution in [0.4, 0.5) is 0 Å². The Kier molecular flexibility index (Phi) is 6.65. The lowest BCUT2D eigenvalue weighted by Gasteiger charge is -2.19. The second kappa shape index (κ2) is 8.80. The molecule has 1 atom stereocenters. The second-order valence-corrected chi connectivity index (χ2v) is 5.45. The van der Waals surface area contributed by atoms with Crippen LogP contribution >= 0.6 is 0 Å². The summed E-state index contributed by atoms with van der Waals surface area (Å²) in [4.78, 5) is 0. The van der Waals surface area contributed by atoms with Crippen molar-refractivity contribution in [3.63, 3.8) is 0 Å². The average Bonchev–Trinajstić information content (AvgIpc) is 2.54. The zero-order chi connectivity index (χ0) is 14.0. The van der Waals surface area contributed by atoms with Crippen molar-refractivity contribution in [3.05, 3.63) is 36.4 Å². The monoisotopic (exact) mass is 274 g/mol. The highest BCUT2D eigenvalue weighted by Gasteiger charge is 2.11. The van der Waals surface area contributed by atoms with Crippen molar-refractivity contribution in [2.75, 3.05) is 6.61 Å². The summed E-state index contributed by atoms with van der Waals surface area (Å²) >= 11 is 0. The molecule has 0 saturated carbocycles. The molecule has 0 N–H and O–H groups in total. The summed E-state index contributed by atoms with van der Waals surface area (Å²) in [6.45, 7) is 4.58. The van der Waals surface area contributed by atoms with E-state index in [1.165, 1.54) is 38.5 Å². The van der Waals surface area contributed by atoms with Crippen LogP contribution in [0.15, 0.2) is 30.8 Å². The summed E-state index contributed by atoms with van der Waals surface area (Å²) in [6.07, 6.45) is 11.7. The molecule has 1 aliphatic heterocycles. The Morgan fingerprint density at radius 1 is 0.950 bits per heavy atom. The van der Waals surface area contributed by atoms with Gasteiger partial charge < -0.3 is 9.47 Å². The lowest BCUT2D eigenvalue weighted by atomic mass is 10.1. The van der Waals surface area contributed by atoms with E-state index in [0.717, 1.165) is 30.8 Å². The SMILES string of the molecule is C=Cc1ccc(OC2CCCCCCCCCO2)cc1. The largest absolute Gasteiger partial charge is 0.465 e. The minimum absolute atomic E-state index is 0.0947. The third-order valence-electron chi connectivity index (χ3n) is 3.77. The molecule has 1 unspecified atom stereocenters. The fourth-order valence-electron chi connectivity index (χ4n) is 2.52. The second-order valence-electron chi connectivity index (χ2n) is 5.45. The molecule has 1 fully saturated rings. The van der Waals surface area contributed by atoms with E-state index in [1.807, 2.05) is 30.3 Å². The van der Waals surface area contributed by atoms with Gasteiger partial charge in [0.15, 0.2) is 6.29 Å². The molecule has 2 rings (SSSR count). The molecular formula is C18H26O2. The van der Waals surface area contributed by atoms with Crippen molar-refractivity contribution in [1.82, 2.24) is 0 Å². The predicted octanol–water partition coefficient (Wildman–Crippen LogP) is 5.19. The summed E-state index contributed by atoms with van der Waals surface area (Å²) in [6, 6.07) is 8.03. The molecule has 1 heterocycles. The number of hydrogen-bond acceptors (Lipinski definition) is 2. The summed E-state index contributed by atoms with van der Waals surface area (Å²) in [7, 11) is 0. The zero-order valence-corrected chi connectivity index (χ0v) is 12.4. The van der Waals surface area contributed by atoms with Crippen LogP contribution in [-0.4, -0.2) is 12.9 Å². The van der Waals surface area contributed by atoms with Crippen LogP contribution in [-0.2, 0) is 4.74 Å². The summed E-state index contributed by atoms with van der Waals surface area (Å²) in [5, 5.41) is 0. The van der Waals surface area contributed by atoms with Gasteiger partial charge >= 0.3 is 0 Å². The highest BCUT2D eigenvalue weighted by atomic mass is 16.7. The van der Waals surface area contributed by atoms with Crippen molar-refractivity contribution in [1.29, 1.82) is 0 Å². The van der Waals surface area contributed by atoms with E-state index in [9.17, 15) is 0 Å². The normalized spacial score (nSPS) is 21.7. The molecule has 20 heavy (non-hydrogen) atoms. The molecule has 1 aliphatic rings. The Labute approximate surface area is 122 Å². The van der Waals surface area contributed by atoms with Gasteiger partial charge in [-0.1, -0.05) is 56.9 Å². The Hall–Kier alpha value is -1.28. The van der Waals surface area contributed by atoms with E-state index in [4.69, 9.17) is 9.47 Å². The van der Waals surface area contributed by atoms with E-state index < -0.39 is 0 Å². The molecule has 1 aromatic rings. The van der Waals surface area contributed by atoms with Crippen molar-refractivity contribution in [3.8, 4) is 5.75 Å². The number of rotatable bonds is 3. The van der Waals surface area contributed by atoms with Gasteiger partial charge in [-0.25, -0.2) is 0 Å². The average molecular weight is 274 g/mol. The van der Waals surface area contributed by atoms with Crippen LogP contribution in [0, 0.1) is 0 Å². The van der Waals surface area contributed by atoms with Gasteiger partial charge in [0.2, 0.25) is 0 Å². The summed E-state index contributed by atoms with van der Waals surface area (Å²) in [5.41, 5.74) is 1.11. The molecular weight excluding hydrogens is 248 g/mol. The topological polar surface area (TPSA) is 18.5 Å². The first-order chi connectivity index (χ1) is 9.88. The molecule has 0 aromatic heterocycles. The Morgan fingerprint density at radius 2 is 1.60 bits per heavy atom. The molecule has 0 aliphatic carbocycles.